The van der Waals surface area contributed by atoms with Crippen LogP contribution in [0.2, 0.25) is 0 Å². The highest BCUT2D eigenvalue weighted by Gasteiger charge is 2.37. The van der Waals surface area contributed by atoms with E-state index in [1.165, 1.54) is 0 Å². The summed E-state index contributed by atoms with van der Waals surface area (Å²) in [5, 5.41) is 2.61. The van der Waals surface area contributed by atoms with Gasteiger partial charge in [0.2, 0.25) is 10.0 Å². The zero-order valence-corrected chi connectivity index (χ0v) is 15.4. The number of thiazole rings is 1. The SMILES string of the molecule is CO[C@@H]1CCC[C@H]1S(=O)(=O)NCCc1nc(C(C)(C)C)cs1. The van der Waals surface area contributed by atoms with E-state index < -0.39 is 15.3 Å². The Morgan fingerprint density at radius 3 is 2.73 bits per heavy atom. The number of ether oxygens (including phenoxy) is 1. The Bertz CT molecular complexity index is 590. The molecule has 0 amide bonds. The molecule has 0 aromatic carbocycles. The summed E-state index contributed by atoms with van der Waals surface area (Å²) in [6, 6.07) is 0. The second-order valence-electron chi connectivity index (χ2n) is 6.81. The van der Waals surface area contributed by atoms with Crippen molar-refractivity contribution in [2.45, 2.75) is 63.2 Å². The first-order valence-corrected chi connectivity index (χ1v) is 10.1. The first kappa shape index (κ1) is 17.8. The van der Waals surface area contributed by atoms with Crippen LogP contribution in [0, 0.1) is 0 Å². The lowest BCUT2D eigenvalue weighted by molar-refractivity contribution is 0.111. The third kappa shape index (κ3) is 4.28. The number of methoxy groups -OCH3 is 1. The summed E-state index contributed by atoms with van der Waals surface area (Å²) < 4.78 is 32.7. The summed E-state index contributed by atoms with van der Waals surface area (Å²) in [7, 11) is -1.73. The summed E-state index contributed by atoms with van der Waals surface area (Å²) >= 11 is 1.59. The van der Waals surface area contributed by atoms with Crippen molar-refractivity contribution in [3.8, 4) is 0 Å². The molecule has 0 bridgehead atoms. The van der Waals surface area contributed by atoms with E-state index in [2.05, 4.69) is 35.9 Å². The van der Waals surface area contributed by atoms with Crippen molar-refractivity contribution in [2.75, 3.05) is 13.7 Å². The van der Waals surface area contributed by atoms with Gasteiger partial charge in [-0.25, -0.2) is 18.1 Å². The Balaban J connectivity index is 1.89. The average molecular weight is 347 g/mol. The van der Waals surface area contributed by atoms with Crippen molar-refractivity contribution >= 4 is 21.4 Å². The minimum Gasteiger partial charge on any atom is -0.380 e. The molecule has 1 heterocycles. The van der Waals surface area contributed by atoms with Crippen LogP contribution in [0.4, 0.5) is 0 Å². The van der Waals surface area contributed by atoms with E-state index in [4.69, 9.17) is 4.74 Å². The van der Waals surface area contributed by atoms with Gasteiger partial charge in [-0.15, -0.1) is 11.3 Å². The molecule has 22 heavy (non-hydrogen) atoms. The van der Waals surface area contributed by atoms with Crippen molar-refractivity contribution in [3.05, 3.63) is 16.1 Å². The maximum atomic E-state index is 12.3. The van der Waals surface area contributed by atoms with Crippen molar-refractivity contribution in [3.63, 3.8) is 0 Å². The Kier molecular flexibility index (Phi) is 5.63. The molecule has 0 saturated heterocycles. The zero-order chi connectivity index (χ0) is 16.4. The van der Waals surface area contributed by atoms with Crippen LogP contribution in [0.1, 0.15) is 50.7 Å². The predicted molar refractivity (Wildman–Crippen MR) is 89.9 cm³/mol. The summed E-state index contributed by atoms with van der Waals surface area (Å²) in [6.07, 6.45) is 2.86. The number of sulfonamides is 1. The fraction of sp³-hybridized carbons (Fsp3) is 0.800. The van der Waals surface area contributed by atoms with Gasteiger partial charge in [0.25, 0.3) is 0 Å². The number of rotatable bonds is 6. The summed E-state index contributed by atoms with van der Waals surface area (Å²) in [5.74, 6) is 0. The number of aromatic nitrogens is 1. The Labute approximate surface area is 137 Å². The molecule has 2 rings (SSSR count). The molecule has 0 unspecified atom stereocenters. The van der Waals surface area contributed by atoms with E-state index in [0.29, 0.717) is 19.4 Å². The molecular weight excluding hydrogens is 320 g/mol. The highest BCUT2D eigenvalue weighted by Crippen LogP contribution is 2.27. The lowest BCUT2D eigenvalue weighted by atomic mass is 9.93. The summed E-state index contributed by atoms with van der Waals surface area (Å²) in [5.41, 5.74) is 1.09. The number of nitrogens with one attached hydrogen (secondary N) is 1. The van der Waals surface area contributed by atoms with Crippen LogP contribution in [-0.2, 0) is 26.6 Å². The lowest BCUT2D eigenvalue weighted by Gasteiger charge is -2.18. The fourth-order valence-corrected chi connectivity index (χ4v) is 5.44. The molecule has 7 heteroatoms. The first-order chi connectivity index (χ1) is 10.2. The van der Waals surface area contributed by atoms with Crippen LogP contribution in [0.5, 0.6) is 0 Å². The van der Waals surface area contributed by atoms with E-state index in [1.54, 1.807) is 18.4 Å². The summed E-state index contributed by atoms with van der Waals surface area (Å²) in [4.78, 5) is 4.59. The topological polar surface area (TPSA) is 68.3 Å². The normalized spacial score (nSPS) is 23.1. The predicted octanol–water partition coefficient (Wildman–Crippen LogP) is 2.47. The van der Waals surface area contributed by atoms with Gasteiger partial charge in [0.05, 0.1) is 16.8 Å². The second-order valence-corrected chi connectivity index (χ2v) is 9.74. The second kappa shape index (κ2) is 6.95. The van der Waals surface area contributed by atoms with Crippen molar-refractivity contribution in [2.24, 2.45) is 0 Å². The molecule has 1 aromatic rings. The molecule has 1 aliphatic carbocycles. The minimum atomic E-state index is -3.31. The smallest absolute Gasteiger partial charge is 0.217 e. The van der Waals surface area contributed by atoms with Gasteiger partial charge < -0.3 is 4.74 Å². The highest BCUT2D eigenvalue weighted by atomic mass is 32.2. The van der Waals surface area contributed by atoms with Gasteiger partial charge in [0, 0.05) is 30.9 Å². The Morgan fingerprint density at radius 1 is 1.41 bits per heavy atom. The van der Waals surface area contributed by atoms with Crippen LogP contribution < -0.4 is 4.72 Å². The van der Waals surface area contributed by atoms with Crippen LogP contribution >= 0.6 is 11.3 Å². The standard InChI is InChI=1S/C15H26N2O3S2/c1-15(2,3)13-10-21-14(17-13)8-9-16-22(18,19)12-7-5-6-11(12)20-4/h10-12,16H,5-9H2,1-4H3/t11-,12-/m1/s1. The number of nitrogens with zero attached hydrogens (tertiary/aromatic N) is 1. The maximum absolute atomic E-state index is 12.3. The molecule has 1 aromatic heterocycles. The zero-order valence-electron chi connectivity index (χ0n) is 13.8. The molecule has 1 saturated carbocycles. The fourth-order valence-electron chi connectivity index (χ4n) is 2.69. The lowest BCUT2D eigenvalue weighted by Crippen LogP contribution is -2.40. The maximum Gasteiger partial charge on any atom is 0.217 e. The van der Waals surface area contributed by atoms with E-state index in [0.717, 1.165) is 23.5 Å². The van der Waals surface area contributed by atoms with E-state index >= 15 is 0 Å². The van der Waals surface area contributed by atoms with E-state index in [1.807, 2.05) is 0 Å². The highest BCUT2D eigenvalue weighted by molar-refractivity contribution is 7.90. The monoisotopic (exact) mass is 346 g/mol. The van der Waals surface area contributed by atoms with Crippen LogP contribution in [0.3, 0.4) is 0 Å². The molecular formula is C15H26N2O3S2. The van der Waals surface area contributed by atoms with Gasteiger partial charge >= 0.3 is 0 Å². The van der Waals surface area contributed by atoms with Gasteiger partial charge in [-0.3, -0.25) is 0 Å². The third-order valence-corrected chi connectivity index (χ3v) is 6.91. The molecule has 0 aliphatic heterocycles. The van der Waals surface area contributed by atoms with Crippen molar-refractivity contribution in [1.82, 2.24) is 9.71 Å². The summed E-state index contributed by atoms with van der Waals surface area (Å²) in [6.45, 7) is 6.77. The van der Waals surface area contributed by atoms with Gasteiger partial charge in [-0.2, -0.15) is 0 Å². The Morgan fingerprint density at radius 2 is 2.14 bits per heavy atom. The third-order valence-electron chi connectivity index (χ3n) is 4.06. The molecule has 1 N–H and O–H groups in total. The molecule has 5 nitrogen and oxygen atoms in total. The number of hydrogen-bond donors (Lipinski definition) is 1. The Hall–Kier alpha value is -0.500. The van der Waals surface area contributed by atoms with Gasteiger partial charge in [-0.05, 0) is 19.3 Å². The van der Waals surface area contributed by atoms with Crippen LogP contribution in [-0.4, -0.2) is 38.4 Å². The van der Waals surface area contributed by atoms with Crippen molar-refractivity contribution < 1.29 is 13.2 Å². The molecule has 126 valence electrons. The van der Waals surface area contributed by atoms with E-state index in [9.17, 15) is 8.42 Å². The van der Waals surface area contributed by atoms with Gasteiger partial charge in [0.15, 0.2) is 0 Å². The minimum absolute atomic E-state index is 0.0315. The molecule has 0 spiro atoms. The largest absolute Gasteiger partial charge is 0.380 e. The van der Waals surface area contributed by atoms with E-state index in [-0.39, 0.29) is 11.5 Å². The van der Waals surface area contributed by atoms with Gasteiger partial charge in [0.1, 0.15) is 5.25 Å². The molecule has 1 fully saturated rings. The van der Waals surface area contributed by atoms with Crippen LogP contribution in [0.15, 0.2) is 5.38 Å². The quantitative estimate of drug-likeness (QED) is 0.859. The van der Waals surface area contributed by atoms with Crippen molar-refractivity contribution in [1.29, 1.82) is 0 Å². The number of hydrogen-bond acceptors (Lipinski definition) is 5. The van der Waals surface area contributed by atoms with Crippen LogP contribution in [0.25, 0.3) is 0 Å². The first-order valence-electron chi connectivity index (χ1n) is 7.70. The average Bonchev–Trinajstić information content (AvgIpc) is 3.06. The molecule has 1 aliphatic rings. The molecule has 2 atom stereocenters. The molecule has 0 radical (unpaired) electrons. The van der Waals surface area contributed by atoms with Gasteiger partial charge in [-0.1, -0.05) is 20.8 Å².